The van der Waals surface area contributed by atoms with Crippen LogP contribution in [0.15, 0.2) is 57.9 Å². The summed E-state index contributed by atoms with van der Waals surface area (Å²) in [5, 5.41) is 4.04. The Bertz CT molecular complexity index is 1110. The molecule has 0 aliphatic rings. The number of nitrogens with zero attached hydrogens (tertiary/aromatic N) is 1. The molecule has 0 saturated carbocycles. The molecule has 0 aliphatic carbocycles. The Kier molecular flexibility index (Phi) is 5.57. The van der Waals surface area contributed by atoms with Gasteiger partial charge in [-0.2, -0.15) is 0 Å². The van der Waals surface area contributed by atoms with Gasteiger partial charge in [-0.25, -0.2) is 13.1 Å². The number of carbonyl (C=O) groups excluding carboxylic acids is 1. The third kappa shape index (κ3) is 4.26. The van der Waals surface area contributed by atoms with Crippen LogP contribution < -0.4 is 15.2 Å². The number of hydrogen-bond donors (Lipinski definition) is 2. The number of ether oxygens (including phenoxy) is 1. The van der Waals surface area contributed by atoms with E-state index in [0.29, 0.717) is 10.8 Å². The molecule has 10 heteroatoms. The Hall–Kier alpha value is -3.04. The molecule has 0 atom stereocenters. The van der Waals surface area contributed by atoms with Gasteiger partial charge in [0.1, 0.15) is 12.4 Å². The Balaban J connectivity index is 1.68. The number of benzene rings is 2. The van der Waals surface area contributed by atoms with Gasteiger partial charge in [0, 0.05) is 16.1 Å². The first-order chi connectivity index (χ1) is 13.3. The molecule has 2 aromatic carbocycles. The van der Waals surface area contributed by atoms with Crippen molar-refractivity contribution in [1.82, 2.24) is 9.88 Å². The zero-order valence-electron chi connectivity index (χ0n) is 14.7. The predicted molar refractivity (Wildman–Crippen MR) is 103 cm³/mol. The van der Waals surface area contributed by atoms with Crippen molar-refractivity contribution in [2.24, 2.45) is 0 Å². The highest BCUT2D eigenvalue weighted by molar-refractivity contribution is 7.90. The lowest BCUT2D eigenvalue weighted by molar-refractivity contribution is 0.0972. The summed E-state index contributed by atoms with van der Waals surface area (Å²) in [6.45, 7) is 1.73. The molecule has 3 N–H and O–H groups in total. The van der Waals surface area contributed by atoms with Crippen molar-refractivity contribution in [3.63, 3.8) is 0 Å². The van der Waals surface area contributed by atoms with Crippen LogP contribution >= 0.6 is 11.6 Å². The lowest BCUT2D eigenvalue weighted by Crippen LogP contribution is -2.31. The first-order valence-corrected chi connectivity index (χ1v) is 9.89. The minimum atomic E-state index is -4.10. The van der Waals surface area contributed by atoms with Gasteiger partial charge in [0.05, 0.1) is 4.90 Å². The SMILES string of the molecule is Cc1c(C(=O)NS(=O)(=O)c2ccc(OCc3ccccc3Cl)cc2)noc1N. The normalized spacial score (nSPS) is 11.2. The lowest BCUT2D eigenvalue weighted by Gasteiger charge is -2.09. The third-order valence-corrected chi connectivity index (χ3v) is 5.60. The van der Waals surface area contributed by atoms with E-state index < -0.39 is 15.9 Å². The van der Waals surface area contributed by atoms with Gasteiger partial charge in [-0.05, 0) is 37.3 Å². The number of nitrogens with one attached hydrogen (secondary N) is 1. The second-order valence-electron chi connectivity index (χ2n) is 5.81. The average molecular weight is 422 g/mol. The van der Waals surface area contributed by atoms with Crippen LogP contribution in [0.4, 0.5) is 5.88 Å². The van der Waals surface area contributed by atoms with Crippen molar-refractivity contribution in [2.75, 3.05) is 5.73 Å². The van der Waals surface area contributed by atoms with E-state index >= 15 is 0 Å². The number of nitrogen functional groups attached to an aromatic ring is 1. The van der Waals surface area contributed by atoms with Crippen LogP contribution in [0.3, 0.4) is 0 Å². The topological polar surface area (TPSA) is 125 Å². The highest BCUT2D eigenvalue weighted by Crippen LogP contribution is 2.21. The van der Waals surface area contributed by atoms with Gasteiger partial charge < -0.3 is 15.0 Å². The molecule has 0 unspecified atom stereocenters. The van der Waals surface area contributed by atoms with Crippen LogP contribution in [0.1, 0.15) is 21.6 Å². The number of halogens is 1. The van der Waals surface area contributed by atoms with Crippen molar-refractivity contribution in [1.29, 1.82) is 0 Å². The van der Waals surface area contributed by atoms with Gasteiger partial charge in [0.2, 0.25) is 5.88 Å². The molecule has 0 spiro atoms. The minimum absolute atomic E-state index is 0.0532. The molecule has 3 aromatic rings. The molecule has 0 fully saturated rings. The zero-order valence-corrected chi connectivity index (χ0v) is 16.3. The van der Waals surface area contributed by atoms with Crippen LogP contribution in [0.5, 0.6) is 5.75 Å². The second-order valence-corrected chi connectivity index (χ2v) is 7.90. The monoisotopic (exact) mass is 421 g/mol. The first kappa shape index (κ1) is 19.7. The number of rotatable bonds is 6. The quantitative estimate of drug-likeness (QED) is 0.626. The molecule has 8 nitrogen and oxygen atoms in total. The predicted octanol–water partition coefficient (Wildman–Crippen LogP) is 2.92. The maximum Gasteiger partial charge on any atom is 0.287 e. The van der Waals surface area contributed by atoms with E-state index in [-0.39, 0.29) is 28.6 Å². The first-order valence-electron chi connectivity index (χ1n) is 8.03. The molecular weight excluding hydrogens is 406 g/mol. The van der Waals surface area contributed by atoms with Gasteiger partial charge in [0.25, 0.3) is 15.9 Å². The smallest absolute Gasteiger partial charge is 0.287 e. The fraction of sp³-hybridized carbons (Fsp3) is 0.111. The number of carbonyl (C=O) groups is 1. The molecule has 1 amide bonds. The van der Waals surface area contributed by atoms with E-state index in [1.54, 1.807) is 6.07 Å². The zero-order chi connectivity index (χ0) is 20.3. The fourth-order valence-corrected chi connectivity index (χ4v) is 3.42. The van der Waals surface area contributed by atoms with Crippen molar-refractivity contribution < 1.29 is 22.5 Å². The van der Waals surface area contributed by atoms with Crippen molar-refractivity contribution in [3.8, 4) is 5.75 Å². The molecular formula is C18H16ClN3O5S. The maximum atomic E-state index is 12.4. The highest BCUT2D eigenvalue weighted by atomic mass is 35.5. The second kappa shape index (κ2) is 7.91. The molecule has 1 heterocycles. The van der Waals surface area contributed by atoms with Crippen LogP contribution in [0.2, 0.25) is 5.02 Å². The van der Waals surface area contributed by atoms with Gasteiger partial charge in [-0.15, -0.1) is 0 Å². The van der Waals surface area contributed by atoms with Crippen LogP contribution in [-0.2, 0) is 16.6 Å². The van der Waals surface area contributed by atoms with Crippen LogP contribution in [0.25, 0.3) is 0 Å². The summed E-state index contributed by atoms with van der Waals surface area (Å²) in [4.78, 5) is 12.0. The molecule has 0 saturated heterocycles. The fourth-order valence-electron chi connectivity index (χ4n) is 2.28. The van der Waals surface area contributed by atoms with E-state index in [1.807, 2.05) is 22.9 Å². The van der Waals surface area contributed by atoms with E-state index in [9.17, 15) is 13.2 Å². The largest absolute Gasteiger partial charge is 0.489 e. The molecule has 1 aromatic heterocycles. The Morgan fingerprint density at radius 1 is 1.21 bits per heavy atom. The minimum Gasteiger partial charge on any atom is -0.489 e. The lowest BCUT2D eigenvalue weighted by atomic mass is 10.2. The summed E-state index contributed by atoms with van der Waals surface area (Å²) < 4.78 is 37.0. The number of amides is 1. The summed E-state index contributed by atoms with van der Waals surface area (Å²) >= 11 is 6.07. The third-order valence-electron chi connectivity index (χ3n) is 3.89. The van der Waals surface area contributed by atoms with Crippen molar-refractivity contribution >= 4 is 33.4 Å². The van der Waals surface area contributed by atoms with Gasteiger partial charge in [0.15, 0.2) is 5.69 Å². The summed E-state index contributed by atoms with van der Waals surface area (Å²) in [6, 6.07) is 12.8. The molecule has 28 heavy (non-hydrogen) atoms. The Labute approximate surface area is 166 Å². The van der Waals surface area contributed by atoms with E-state index in [1.165, 1.54) is 31.2 Å². The molecule has 0 aliphatic heterocycles. The van der Waals surface area contributed by atoms with Crippen LogP contribution in [-0.4, -0.2) is 19.5 Å². The Morgan fingerprint density at radius 2 is 1.89 bits per heavy atom. The van der Waals surface area contributed by atoms with Gasteiger partial charge >= 0.3 is 0 Å². The summed E-state index contributed by atoms with van der Waals surface area (Å²) in [5.74, 6) is -0.537. The number of nitrogens with two attached hydrogens (primary N) is 1. The molecule has 3 rings (SSSR count). The van der Waals surface area contributed by atoms with Crippen molar-refractivity contribution in [2.45, 2.75) is 18.4 Å². The highest BCUT2D eigenvalue weighted by Gasteiger charge is 2.23. The maximum absolute atomic E-state index is 12.4. The van der Waals surface area contributed by atoms with Gasteiger partial charge in [-0.1, -0.05) is 35.0 Å². The van der Waals surface area contributed by atoms with E-state index in [4.69, 9.17) is 22.1 Å². The average Bonchev–Trinajstić information content (AvgIpc) is 3.00. The van der Waals surface area contributed by atoms with E-state index in [2.05, 4.69) is 9.68 Å². The molecule has 146 valence electrons. The van der Waals surface area contributed by atoms with Crippen LogP contribution in [0, 0.1) is 6.92 Å². The number of sulfonamides is 1. The number of aromatic nitrogens is 1. The standard InChI is InChI=1S/C18H16ClN3O5S/c1-11-16(21-27-17(11)20)18(23)22-28(24,25)14-8-6-13(7-9-14)26-10-12-4-2-3-5-15(12)19/h2-9H,10,20H2,1H3,(H,22,23). The summed E-state index contributed by atoms with van der Waals surface area (Å²) in [6.07, 6.45) is 0. The molecule has 0 radical (unpaired) electrons. The van der Waals surface area contributed by atoms with Crippen molar-refractivity contribution in [3.05, 3.63) is 70.4 Å². The number of anilines is 1. The Morgan fingerprint density at radius 3 is 2.50 bits per heavy atom. The molecule has 0 bridgehead atoms. The summed E-state index contributed by atoms with van der Waals surface area (Å²) in [7, 11) is -4.10. The number of hydrogen-bond acceptors (Lipinski definition) is 7. The summed E-state index contributed by atoms with van der Waals surface area (Å²) in [5.41, 5.74) is 6.34. The van der Waals surface area contributed by atoms with Gasteiger partial charge in [-0.3, -0.25) is 4.79 Å². The van der Waals surface area contributed by atoms with E-state index in [0.717, 1.165) is 5.56 Å².